The van der Waals surface area contributed by atoms with Crippen LogP contribution in [0.25, 0.3) is 0 Å². The maximum atomic E-state index is 12.3. The zero-order valence-electron chi connectivity index (χ0n) is 15.5. The summed E-state index contributed by atoms with van der Waals surface area (Å²) in [4.78, 5) is 12.3. The van der Waals surface area contributed by atoms with Gasteiger partial charge in [0.2, 0.25) is 26.0 Å². The zero-order valence-corrected chi connectivity index (χ0v) is 17.8. The minimum atomic E-state index is -3.79. The number of benzene rings is 2. The normalized spacial score (nSPS) is 12.0. The number of hydrogen-bond acceptors (Lipinski definition) is 5. The fourth-order valence-corrected chi connectivity index (χ4v) is 4.14. The van der Waals surface area contributed by atoms with Gasteiger partial charge >= 0.3 is 0 Å². The first-order valence-electron chi connectivity index (χ1n) is 7.97. The van der Waals surface area contributed by atoms with Crippen molar-refractivity contribution in [3.8, 4) is 0 Å². The van der Waals surface area contributed by atoms with Gasteiger partial charge in [-0.1, -0.05) is 11.6 Å². The number of carbonyl (C=O) groups excluding carboxylic acids is 1. The van der Waals surface area contributed by atoms with Crippen LogP contribution in [0, 0.1) is 0 Å². The molecule has 0 radical (unpaired) electrons. The van der Waals surface area contributed by atoms with Crippen LogP contribution in [0.4, 0.5) is 11.4 Å². The molecule has 0 fully saturated rings. The highest BCUT2D eigenvalue weighted by atomic mass is 35.5. The van der Waals surface area contributed by atoms with Gasteiger partial charge in [-0.2, -0.15) is 0 Å². The Morgan fingerprint density at radius 2 is 1.50 bits per heavy atom. The Morgan fingerprint density at radius 1 is 0.964 bits per heavy atom. The SMILES string of the molecule is CN(C)S(=O)(=O)c1ccc(N(CC(=O)Nc2ccc(Cl)cc2)S(C)(=O)=O)cc1. The molecule has 0 heterocycles. The van der Waals surface area contributed by atoms with Crippen molar-refractivity contribution in [1.82, 2.24) is 4.31 Å². The summed E-state index contributed by atoms with van der Waals surface area (Å²) in [6.07, 6.45) is 0.965. The average Bonchev–Trinajstić information content (AvgIpc) is 2.61. The summed E-state index contributed by atoms with van der Waals surface area (Å²) in [5.41, 5.74) is 0.640. The number of sulfonamides is 2. The lowest BCUT2D eigenvalue weighted by Gasteiger charge is -2.22. The van der Waals surface area contributed by atoms with E-state index in [1.165, 1.54) is 38.4 Å². The standard InChI is InChI=1S/C17H20ClN3O5S2/c1-20(2)28(25,26)16-10-8-15(9-11-16)21(27(3,23)24)12-17(22)19-14-6-4-13(18)5-7-14/h4-11H,12H2,1-3H3,(H,19,22). The predicted octanol–water partition coefficient (Wildman–Crippen LogP) is 2.00. The Morgan fingerprint density at radius 3 is 1.96 bits per heavy atom. The van der Waals surface area contributed by atoms with Crippen LogP contribution >= 0.6 is 11.6 Å². The van der Waals surface area contributed by atoms with Gasteiger partial charge in [0.25, 0.3) is 0 Å². The van der Waals surface area contributed by atoms with Crippen LogP contribution in [0.3, 0.4) is 0 Å². The van der Waals surface area contributed by atoms with Crippen LogP contribution in [0.1, 0.15) is 0 Å². The van der Waals surface area contributed by atoms with Crippen molar-refractivity contribution >= 4 is 48.9 Å². The van der Waals surface area contributed by atoms with E-state index >= 15 is 0 Å². The minimum absolute atomic E-state index is 0.0142. The van der Waals surface area contributed by atoms with E-state index < -0.39 is 32.5 Å². The summed E-state index contributed by atoms with van der Waals surface area (Å²) in [7, 11) is -4.64. The Kier molecular flexibility index (Phi) is 6.71. The van der Waals surface area contributed by atoms with Gasteiger partial charge in [0.1, 0.15) is 6.54 Å². The highest BCUT2D eigenvalue weighted by molar-refractivity contribution is 7.92. The molecule has 0 saturated carbocycles. The third-order valence-corrected chi connectivity index (χ3v) is 6.94. The maximum Gasteiger partial charge on any atom is 0.245 e. The molecule has 1 N–H and O–H groups in total. The first-order valence-corrected chi connectivity index (χ1v) is 11.6. The Hall–Kier alpha value is -2.14. The van der Waals surface area contributed by atoms with E-state index in [2.05, 4.69) is 5.32 Å². The highest BCUT2D eigenvalue weighted by Gasteiger charge is 2.23. The molecule has 0 saturated heterocycles. The lowest BCUT2D eigenvalue weighted by molar-refractivity contribution is -0.114. The predicted molar refractivity (Wildman–Crippen MR) is 110 cm³/mol. The van der Waals surface area contributed by atoms with Crippen LogP contribution in [0.2, 0.25) is 5.02 Å². The molecule has 0 bridgehead atoms. The second kappa shape index (κ2) is 8.48. The van der Waals surface area contributed by atoms with Crippen molar-refractivity contribution < 1.29 is 21.6 Å². The van der Waals surface area contributed by atoms with Gasteiger partial charge in [-0.25, -0.2) is 21.1 Å². The molecule has 8 nitrogen and oxygen atoms in total. The molecule has 0 aliphatic heterocycles. The third-order valence-electron chi connectivity index (χ3n) is 3.72. The lowest BCUT2D eigenvalue weighted by Crippen LogP contribution is -2.37. The number of nitrogens with one attached hydrogen (secondary N) is 1. The van der Waals surface area contributed by atoms with Crippen molar-refractivity contribution in [3.05, 3.63) is 53.6 Å². The number of hydrogen-bond donors (Lipinski definition) is 1. The molecule has 0 aliphatic carbocycles. The van der Waals surface area contributed by atoms with Crippen LogP contribution in [-0.2, 0) is 24.8 Å². The second-order valence-electron chi connectivity index (χ2n) is 6.11. The van der Waals surface area contributed by atoms with Gasteiger partial charge in [0.05, 0.1) is 16.8 Å². The van der Waals surface area contributed by atoms with Crippen molar-refractivity contribution in [1.29, 1.82) is 0 Å². The molecular weight excluding hydrogens is 426 g/mol. The third kappa shape index (κ3) is 5.44. The van der Waals surface area contributed by atoms with Gasteiger partial charge in [-0.15, -0.1) is 0 Å². The summed E-state index contributed by atoms with van der Waals surface area (Å²) < 4.78 is 50.5. The monoisotopic (exact) mass is 445 g/mol. The number of halogens is 1. The zero-order chi connectivity index (χ0) is 21.1. The highest BCUT2D eigenvalue weighted by Crippen LogP contribution is 2.22. The molecule has 0 aliphatic rings. The smallest absolute Gasteiger partial charge is 0.245 e. The van der Waals surface area contributed by atoms with Gasteiger partial charge in [-0.05, 0) is 48.5 Å². The summed E-state index contributed by atoms with van der Waals surface area (Å²) in [6.45, 7) is -0.471. The average molecular weight is 446 g/mol. The molecule has 2 aromatic rings. The second-order valence-corrected chi connectivity index (χ2v) is 10.6. The first kappa shape index (κ1) is 22.2. The largest absolute Gasteiger partial charge is 0.325 e. The van der Waals surface area contributed by atoms with Crippen molar-refractivity contribution in [2.75, 3.05) is 36.5 Å². The molecule has 2 rings (SSSR count). The van der Waals surface area contributed by atoms with Gasteiger partial charge in [0.15, 0.2) is 0 Å². The summed E-state index contributed by atoms with van der Waals surface area (Å²) in [5.74, 6) is -0.558. The Labute approximate surface area is 169 Å². The summed E-state index contributed by atoms with van der Waals surface area (Å²) in [5, 5.41) is 3.09. The molecule has 0 spiro atoms. The number of amides is 1. The number of rotatable bonds is 7. The molecule has 2 aromatic carbocycles. The fourth-order valence-electron chi connectivity index (χ4n) is 2.26. The van der Waals surface area contributed by atoms with E-state index in [4.69, 9.17) is 11.6 Å². The van der Waals surface area contributed by atoms with Gasteiger partial charge < -0.3 is 5.32 Å². The van der Waals surface area contributed by atoms with E-state index in [-0.39, 0.29) is 10.6 Å². The minimum Gasteiger partial charge on any atom is -0.325 e. The molecule has 28 heavy (non-hydrogen) atoms. The topological polar surface area (TPSA) is 104 Å². The van der Waals surface area contributed by atoms with Gasteiger partial charge in [-0.3, -0.25) is 9.10 Å². The van der Waals surface area contributed by atoms with E-state index in [1.807, 2.05) is 0 Å². The van der Waals surface area contributed by atoms with Crippen LogP contribution in [0.15, 0.2) is 53.4 Å². The number of carbonyl (C=O) groups is 1. The van der Waals surface area contributed by atoms with Crippen LogP contribution in [0.5, 0.6) is 0 Å². The first-order chi connectivity index (χ1) is 12.9. The van der Waals surface area contributed by atoms with E-state index in [0.29, 0.717) is 10.7 Å². The van der Waals surface area contributed by atoms with Crippen molar-refractivity contribution in [2.24, 2.45) is 0 Å². The van der Waals surface area contributed by atoms with Crippen molar-refractivity contribution in [3.63, 3.8) is 0 Å². The molecule has 1 amide bonds. The molecule has 0 unspecified atom stereocenters. The Balaban J connectivity index is 2.24. The van der Waals surface area contributed by atoms with E-state index in [1.54, 1.807) is 24.3 Å². The number of nitrogens with zero attached hydrogens (tertiary/aromatic N) is 2. The quantitative estimate of drug-likeness (QED) is 0.701. The van der Waals surface area contributed by atoms with Crippen LogP contribution in [-0.4, -0.2) is 53.9 Å². The molecular formula is C17H20ClN3O5S2. The van der Waals surface area contributed by atoms with E-state index in [9.17, 15) is 21.6 Å². The maximum absolute atomic E-state index is 12.3. The lowest BCUT2D eigenvalue weighted by atomic mass is 10.3. The van der Waals surface area contributed by atoms with Crippen molar-refractivity contribution in [2.45, 2.75) is 4.90 Å². The summed E-state index contributed by atoms with van der Waals surface area (Å²) >= 11 is 5.79. The molecule has 0 atom stereocenters. The molecule has 152 valence electrons. The van der Waals surface area contributed by atoms with E-state index in [0.717, 1.165) is 14.9 Å². The van der Waals surface area contributed by atoms with Gasteiger partial charge in [0, 0.05) is 24.8 Å². The molecule has 11 heteroatoms. The number of anilines is 2. The molecule has 0 aromatic heterocycles. The summed E-state index contributed by atoms with van der Waals surface area (Å²) in [6, 6.07) is 11.6. The van der Waals surface area contributed by atoms with Crippen LogP contribution < -0.4 is 9.62 Å². The fraction of sp³-hybridized carbons (Fsp3) is 0.235. The Bertz CT molecular complexity index is 1050.